The molecule has 5 nitrogen and oxygen atoms in total. The number of aryl methyl sites for hydroxylation is 1. The Bertz CT molecular complexity index is 484. The van der Waals surface area contributed by atoms with Crippen molar-refractivity contribution in [3.05, 3.63) is 11.1 Å². The van der Waals surface area contributed by atoms with Crippen molar-refractivity contribution < 1.29 is 4.79 Å². The summed E-state index contributed by atoms with van der Waals surface area (Å²) in [5.74, 6) is 0.990. The summed E-state index contributed by atoms with van der Waals surface area (Å²) in [6.07, 6.45) is 5.11. The predicted molar refractivity (Wildman–Crippen MR) is 92.9 cm³/mol. The maximum Gasteiger partial charge on any atom is 0.240 e. The Morgan fingerprint density at radius 3 is 2.68 bits per heavy atom. The van der Waals surface area contributed by atoms with Gasteiger partial charge in [0.2, 0.25) is 5.91 Å². The normalized spacial score (nSPS) is 19.7. The minimum atomic E-state index is 0. The van der Waals surface area contributed by atoms with Gasteiger partial charge in [-0.05, 0) is 45.1 Å². The van der Waals surface area contributed by atoms with Crippen LogP contribution in [0, 0.1) is 12.8 Å². The second-order valence-electron chi connectivity index (χ2n) is 6.24. The molecular weight excluding hydrogens is 320 g/mol. The predicted octanol–water partition coefficient (Wildman–Crippen LogP) is 2.28. The minimum absolute atomic E-state index is 0. The van der Waals surface area contributed by atoms with Crippen LogP contribution in [0.3, 0.4) is 0 Å². The zero-order valence-corrected chi connectivity index (χ0v) is 14.6. The first-order valence-corrected chi connectivity index (χ1v) is 8.75. The third-order valence-corrected chi connectivity index (χ3v) is 5.09. The fourth-order valence-corrected chi connectivity index (χ4v) is 3.43. The largest absolute Gasteiger partial charge is 0.314 e. The van der Waals surface area contributed by atoms with Crippen molar-refractivity contribution in [3.8, 4) is 0 Å². The number of halogens is 1. The van der Waals surface area contributed by atoms with E-state index in [0.29, 0.717) is 17.7 Å². The first-order valence-electron chi connectivity index (χ1n) is 7.87. The van der Waals surface area contributed by atoms with Crippen molar-refractivity contribution in [2.45, 2.75) is 38.6 Å². The molecule has 1 aliphatic heterocycles. The highest BCUT2D eigenvalue weighted by Crippen LogP contribution is 2.28. The summed E-state index contributed by atoms with van der Waals surface area (Å²) < 4.78 is 0. The van der Waals surface area contributed by atoms with Gasteiger partial charge in [0.25, 0.3) is 0 Å². The van der Waals surface area contributed by atoms with Gasteiger partial charge >= 0.3 is 0 Å². The number of amides is 1. The van der Waals surface area contributed by atoms with E-state index in [1.54, 1.807) is 0 Å². The number of nitrogens with one attached hydrogen (secondary N) is 2. The lowest BCUT2D eigenvalue weighted by molar-refractivity contribution is -0.117. The molecule has 2 heterocycles. The van der Waals surface area contributed by atoms with E-state index in [-0.39, 0.29) is 18.3 Å². The Labute approximate surface area is 142 Å². The van der Waals surface area contributed by atoms with Crippen molar-refractivity contribution in [1.82, 2.24) is 15.2 Å². The van der Waals surface area contributed by atoms with Crippen LogP contribution < -0.4 is 10.6 Å². The summed E-state index contributed by atoms with van der Waals surface area (Å²) in [6, 6.07) is 0.645. The molecule has 2 aliphatic rings. The quantitative estimate of drug-likeness (QED) is 0.831. The lowest BCUT2D eigenvalue weighted by Gasteiger charge is -2.31. The Kier molecular flexibility index (Phi) is 6.62. The van der Waals surface area contributed by atoms with Crippen LogP contribution in [0.2, 0.25) is 0 Å². The Balaban J connectivity index is 0.00000176. The lowest BCUT2D eigenvalue weighted by atomic mass is 10.0. The van der Waals surface area contributed by atoms with E-state index < -0.39 is 0 Å². The number of nitrogens with zero attached hydrogens (tertiary/aromatic N) is 2. The molecule has 3 rings (SSSR count). The van der Waals surface area contributed by atoms with E-state index in [2.05, 4.69) is 20.5 Å². The number of anilines is 1. The lowest BCUT2D eigenvalue weighted by Crippen LogP contribution is -2.45. The fraction of sp³-hybridized carbons (Fsp3) is 0.733. The summed E-state index contributed by atoms with van der Waals surface area (Å²) in [5.41, 5.74) is 0.956. The first-order chi connectivity index (χ1) is 10.2. The highest BCUT2D eigenvalue weighted by molar-refractivity contribution is 7.13. The Morgan fingerprint density at radius 1 is 1.36 bits per heavy atom. The van der Waals surface area contributed by atoms with Crippen LogP contribution in [0.1, 0.15) is 31.4 Å². The van der Waals surface area contributed by atoms with Crippen LogP contribution >= 0.6 is 23.7 Å². The zero-order valence-electron chi connectivity index (χ0n) is 13.0. The second kappa shape index (κ2) is 8.24. The van der Waals surface area contributed by atoms with Crippen LogP contribution in [0.5, 0.6) is 0 Å². The van der Waals surface area contributed by atoms with E-state index in [4.69, 9.17) is 0 Å². The number of carbonyl (C=O) groups excluding carboxylic acids is 1. The molecule has 0 atom stereocenters. The number of rotatable bonds is 6. The fourth-order valence-electron chi connectivity index (χ4n) is 2.72. The number of piperidine rings is 1. The number of hydrogen-bond acceptors (Lipinski definition) is 5. The molecule has 1 aromatic rings. The molecule has 0 bridgehead atoms. The van der Waals surface area contributed by atoms with Crippen LogP contribution in [-0.4, -0.2) is 48.0 Å². The van der Waals surface area contributed by atoms with Crippen molar-refractivity contribution in [2.24, 2.45) is 5.92 Å². The van der Waals surface area contributed by atoms with Gasteiger partial charge in [-0.2, -0.15) is 0 Å². The second-order valence-corrected chi connectivity index (χ2v) is 7.10. The van der Waals surface area contributed by atoms with Crippen molar-refractivity contribution in [3.63, 3.8) is 0 Å². The monoisotopic (exact) mass is 344 g/mol. The molecular formula is C15H25ClN4OS. The SMILES string of the molecule is Cc1csc(NC(=O)CN2CCC(NCC3CC3)CC2)n1.Cl. The van der Waals surface area contributed by atoms with Crippen LogP contribution in [0.25, 0.3) is 0 Å². The van der Waals surface area contributed by atoms with Gasteiger partial charge in [-0.15, -0.1) is 23.7 Å². The summed E-state index contributed by atoms with van der Waals surface area (Å²) in [6.45, 7) is 5.62. The van der Waals surface area contributed by atoms with E-state index in [1.807, 2.05) is 12.3 Å². The molecule has 2 N–H and O–H groups in total. The molecule has 124 valence electrons. The number of likely N-dealkylation sites (tertiary alicyclic amines) is 1. The van der Waals surface area contributed by atoms with Crippen molar-refractivity contribution in [1.29, 1.82) is 0 Å². The zero-order chi connectivity index (χ0) is 14.7. The van der Waals surface area contributed by atoms with Gasteiger partial charge in [-0.1, -0.05) is 0 Å². The number of thiazole rings is 1. The van der Waals surface area contributed by atoms with Gasteiger partial charge in [0.1, 0.15) is 0 Å². The average Bonchev–Trinajstić information content (AvgIpc) is 3.21. The van der Waals surface area contributed by atoms with Crippen LogP contribution in [0.15, 0.2) is 5.38 Å². The maximum atomic E-state index is 12.0. The molecule has 1 aliphatic carbocycles. The molecule has 1 saturated heterocycles. The van der Waals surface area contributed by atoms with Gasteiger partial charge < -0.3 is 10.6 Å². The summed E-state index contributed by atoms with van der Waals surface area (Å²) in [4.78, 5) is 18.5. The molecule has 2 fully saturated rings. The van der Waals surface area contributed by atoms with E-state index in [9.17, 15) is 4.79 Å². The number of carbonyl (C=O) groups is 1. The molecule has 1 aromatic heterocycles. The molecule has 0 radical (unpaired) electrons. The standard InChI is InChI=1S/C15H24N4OS.ClH/c1-11-10-21-15(17-11)18-14(20)9-19-6-4-13(5-7-19)16-8-12-2-3-12;/h10,12-13,16H,2-9H2,1H3,(H,17,18,20);1H. The summed E-state index contributed by atoms with van der Waals surface area (Å²) >= 11 is 1.48. The van der Waals surface area contributed by atoms with E-state index in [1.165, 1.54) is 30.7 Å². The number of aromatic nitrogens is 1. The molecule has 22 heavy (non-hydrogen) atoms. The highest BCUT2D eigenvalue weighted by atomic mass is 35.5. The summed E-state index contributed by atoms with van der Waals surface area (Å²) in [7, 11) is 0. The summed E-state index contributed by atoms with van der Waals surface area (Å²) in [5, 5.41) is 9.20. The highest BCUT2D eigenvalue weighted by Gasteiger charge is 2.25. The van der Waals surface area contributed by atoms with Crippen molar-refractivity contribution in [2.75, 3.05) is 31.5 Å². The maximum absolute atomic E-state index is 12.0. The van der Waals surface area contributed by atoms with Gasteiger partial charge in [-0.25, -0.2) is 4.98 Å². The van der Waals surface area contributed by atoms with Gasteiger partial charge in [0.15, 0.2) is 5.13 Å². The average molecular weight is 345 g/mol. The van der Waals surface area contributed by atoms with E-state index >= 15 is 0 Å². The number of hydrogen-bond donors (Lipinski definition) is 2. The molecule has 0 unspecified atom stereocenters. The van der Waals surface area contributed by atoms with Crippen LogP contribution in [-0.2, 0) is 4.79 Å². The Hall–Kier alpha value is -0.690. The molecule has 1 amide bonds. The van der Waals surface area contributed by atoms with Crippen LogP contribution in [0.4, 0.5) is 5.13 Å². The first kappa shape index (κ1) is 17.7. The topological polar surface area (TPSA) is 57.3 Å². The smallest absolute Gasteiger partial charge is 0.240 e. The van der Waals surface area contributed by atoms with Gasteiger partial charge in [-0.3, -0.25) is 9.69 Å². The molecule has 0 spiro atoms. The molecule has 7 heteroatoms. The third kappa shape index (κ3) is 5.50. The Morgan fingerprint density at radius 2 is 2.09 bits per heavy atom. The molecule has 0 aromatic carbocycles. The molecule has 1 saturated carbocycles. The van der Waals surface area contributed by atoms with Gasteiger partial charge in [0.05, 0.1) is 12.2 Å². The minimum Gasteiger partial charge on any atom is -0.314 e. The van der Waals surface area contributed by atoms with E-state index in [0.717, 1.165) is 37.5 Å². The van der Waals surface area contributed by atoms with Gasteiger partial charge in [0, 0.05) is 24.5 Å². The third-order valence-electron chi connectivity index (χ3n) is 4.21. The van der Waals surface area contributed by atoms with Crippen molar-refractivity contribution >= 4 is 34.8 Å².